The molecule has 0 atom stereocenters. The monoisotopic (exact) mass is 261 g/mol. The lowest BCUT2D eigenvalue weighted by molar-refractivity contribution is 1.11. The molecule has 0 aliphatic carbocycles. The first-order valence-electron chi connectivity index (χ1n) is 5.76. The summed E-state index contributed by atoms with van der Waals surface area (Å²) in [5, 5.41) is 4.07. The summed E-state index contributed by atoms with van der Waals surface area (Å²) in [6.45, 7) is 0.742. The predicted molar refractivity (Wildman–Crippen MR) is 77.3 cm³/mol. The quantitative estimate of drug-likeness (QED) is 0.914. The normalized spacial score (nSPS) is 10.2. The van der Waals surface area contributed by atoms with Gasteiger partial charge in [0.1, 0.15) is 0 Å². The van der Waals surface area contributed by atoms with Crippen molar-refractivity contribution >= 4 is 23.0 Å². The van der Waals surface area contributed by atoms with E-state index in [1.165, 1.54) is 0 Å². The summed E-state index contributed by atoms with van der Waals surface area (Å²) < 4.78 is 0. The Kier molecular flexibility index (Phi) is 4.05. The molecular formula is C14H16ClN3. The average Bonchev–Trinajstić information content (AvgIpc) is 2.37. The third kappa shape index (κ3) is 3.14. The van der Waals surface area contributed by atoms with Gasteiger partial charge in [-0.05, 0) is 29.8 Å². The summed E-state index contributed by atoms with van der Waals surface area (Å²) in [6, 6.07) is 9.94. The fraction of sp³-hybridized carbons (Fsp3) is 0.214. The smallest absolute Gasteiger partial charge is 0.0659 e. The molecule has 4 heteroatoms. The van der Waals surface area contributed by atoms with Crippen molar-refractivity contribution in [1.82, 2.24) is 4.98 Å². The van der Waals surface area contributed by atoms with Crippen molar-refractivity contribution < 1.29 is 0 Å². The van der Waals surface area contributed by atoms with Gasteiger partial charge in [0.2, 0.25) is 0 Å². The molecule has 1 heterocycles. The molecule has 2 rings (SSSR count). The number of nitrogens with one attached hydrogen (secondary N) is 1. The van der Waals surface area contributed by atoms with Crippen LogP contribution in [0, 0.1) is 0 Å². The number of halogens is 1. The van der Waals surface area contributed by atoms with Crippen LogP contribution >= 0.6 is 11.6 Å². The molecule has 1 aromatic heterocycles. The minimum atomic E-state index is 0.742. The van der Waals surface area contributed by atoms with E-state index in [2.05, 4.69) is 10.3 Å². The molecule has 0 amide bonds. The van der Waals surface area contributed by atoms with Gasteiger partial charge in [-0.15, -0.1) is 0 Å². The van der Waals surface area contributed by atoms with Crippen LogP contribution in [0.3, 0.4) is 0 Å². The van der Waals surface area contributed by atoms with E-state index in [9.17, 15) is 0 Å². The van der Waals surface area contributed by atoms with Gasteiger partial charge in [0.25, 0.3) is 0 Å². The molecule has 2 aromatic rings. The standard InChI is InChI=1S/C14H16ClN3/c1-18(2)14-6-5-12(8-13(14)15)17-10-11-4-3-7-16-9-11/h3-9,17H,10H2,1-2H3. The second-order valence-corrected chi connectivity index (χ2v) is 4.68. The van der Waals surface area contributed by atoms with Gasteiger partial charge in [0.05, 0.1) is 10.7 Å². The number of hydrogen-bond donors (Lipinski definition) is 1. The second-order valence-electron chi connectivity index (χ2n) is 4.28. The van der Waals surface area contributed by atoms with Crippen LogP contribution in [0.25, 0.3) is 0 Å². The summed E-state index contributed by atoms with van der Waals surface area (Å²) in [4.78, 5) is 6.07. The number of pyridine rings is 1. The zero-order valence-electron chi connectivity index (χ0n) is 10.5. The Bertz CT molecular complexity index is 512. The molecular weight excluding hydrogens is 246 g/mol. The van der Waals surface area contributed by atoms with Crippen molar-refractivity contribution in [2.24, 2.45) is 0 Å². The van der Waals surface area contributed by atoms with E-state index in [-0.39, 0.29) is 0 Å². The van der Waals surface area contributed by atoms with E-state index in [4.69, 9.17) is 11.6 Å². The first-order chi connectivity index (χ1) is 8.66. The largest absolute Gasteiger partial charge is 0.381 e. The lowest BCUT2D eigenvalue weighted by atomic mass is 10.2. The van der Waals surface area contributed by atoms with Gasteiger partial charge >= 0.3 is 0 Å². The minimum Gasteiger partial charge on any atom is -0.381 e. The van der Waals surface area contributed by atoms with Gasteiger partial charge in [0.15, 0.2) is 0 Å². The van der Waals surface area contributed by atoms with Crippen LogP contribution in [-0.4, -0.2) is 19.1 Å². The molecule has 3 nitrogen and oxygen atoms in total. The van der Waals surface area contributed by atoms with Crippen molar-refractivity contribution in [3.05, 3.63) is 53.3 Å². The summed E-state index contributed by atoms with van der Waals surface area (Å²) in [5.41, 5.74) is 3.17. The number of benzene rings is 1. The van der Waals surface area contributed by atoms with Gasteiger partial charge < -0.3 is 10.2 Å². The molecule has 0 aliphatic rings. The van der Waals surface area contributed by atoms with Crippen molar-refractivity contribution in [1.29, 1.82) is 0 Å². The van der Waals surface area contributed by atoms with Gasteiger partial charge in [-0.25, -0.2) is 0 Å². The van der Waals surface area contributed by atoms with Crippen molar-refractivity contribution in [2.45, 2.75) is 6.54 Å². The lowest BCUT2D eigenvalue weighted by Gasteiger charge is -2.15. The molecule has 0 spiro atoms. The minimum absolute atomic E-state index is 0.742. The maximum atomic E-state index is 6.21. The summed E-state index contributed by atoms with van der Waals surface area (Å²) >= 11 is 6.21. The van der Waals surface area contributed by atoms with Gasteiger partial charge in [0, 0.05) is 38.7 Å². The van der Waals surface area contributed by atoms with Crippen LogP contribution in [0.2, 0.25) is 5.02 Å². The van der Waals surface area contributed by atoms with Crippen molar-refractivity contribution in [2.75, 3.05) is 24.3 Å². The number of nitrogens with zero attached hydrogens (tertiary/aromatic N) is 2. The Balaban J connectivity index is 2.05. The molecule has 1 N–H and O–H groups in total. The van der Waals surface area contributed by atoms with Crippen molar-refractivity contribution in [3.8, 4) is 0 Å². The number of aromatic nitrogens is 1. The van der Waals surface area contributed by atoms with Crippen LogP contribution in [0.4, 0.5) is 11.4 Å². The Hall–Kier alpha value is -1.74. The van der Waals surface area contributed by atoms with Gasteiger partial charge in [-0.2, -0.15) is 0 Å². The Morgan fingerprint density at radius 2 is 2.11 bits per heavy atom. The highest BCUT2D eigenvalue weighted by Crippen LogP contribution is 2.27. The molecule has 94 valence electrons. The van der Waals surface area contributed by atoms with Gasteiger partial charge in [-0.1, -0.05) is 17.7 Å². The average molecular weight is 262 g/mol. The maximum absolute atomic E-state index is 6.21. The molecule has 0 radical (unpaired) electrons. The molecule has 0 bridgehead atoms. The van der Waals surface area contributed by atoms with Crippen molar-refractivity contribution in [3.63, 3.8) is 0 Å². The topological polar surface area (TPSA) is 28.2 Å². The highest BCUT2D eigenvalue weighted by molar-refractivity contribution is 6.33. The van der Waals surface area contributed by atoms with Crippen LogP contribution in [0.5, 0.6) is 0 Å². The van der Waals surface area contributed by atoms with Crippen LogP contribution in [0.1, 0.15) is 5.56 Å². The van der Waals surface area contributed by atoms with Crippen LogP contribution in [0.15, 0.2) is 42.7 Å². The predicted octanol–water partition coefficient (Wildman–Crippen LogP) is 3.41. The fourth-order valence-corrected chi connectivity index (χ4v) is 2.04. The molecule has 0 aliphatic heterocycles. The van der Waals surface area contributed by atoms with E-state index in [1.807, 2.05) is 55.5 Å². The fourth-order valence-electron chi connectivity index (χ4n) is 1.69. The van der Waals surface area contributed by atoms with E-state index in [0.29, 0.717) is 0 Å². The Labute approximate surface area is 112 Å². The third-order valence-electron chi connectivity index (χ3n) is 2.65. The molecule has 0 saturated carbocycles. The van der Waals surface area contributed by atoms with Crippen LogP contribution in [-0.2, 0) is 6.54 Å². The van der Waals surface area contributed by atoms with Crippen LogP contribution < -0.4 is 10.2 Å². The Morgan fingerprint density at radius 1 is 1.28 bits per heavy atom. The molecule has 0 unspecified atom stereocenters. The SMILES string of the molecule is CN(C)c1ccc(NCc2cccnc2)cc1Cl. The zero-order valence-corrected chi connectivity index (χ0v) is 11.3. The second kappa shape index (κ2) is 5.74. The van der Waals surface area contributed by atoms with E-state index in [1.54, 1.807) is 6.20 Å². The molecule has 0 saturated heterocycles. The lowest BCUT2D eigenvalue weighted by Crippen LogP contribution is -2.09. The first kappa shape index (κ1) is 12.7. The molecule has 1 aromatic carbocycles. The third-order valence-corrected chi connectivity index (χ3v) is 2.95. The summed E-state index contributed by atoms with van der Waals surface area (Å²) in [7, 11) is 3.95. The highest BCUT2D eigenvalue weighted by atomic mass is 35.5. The van der Waals surface area contributed by atoms with E-state index >= 15 is 0 Å². The number of rotatable bonds is 4. The molecule has 0 fully saturated rings. The maximum Gasteiger partial charge on any atom is 0.0659 e. The van der Waals surface area contributed by atoms with E-state index < -0.39 is 0 Å². The highest BCUT2D eigenvalue weighted by Gasteiger charge is 2.03. The number of hydrogen-bond acceptors (Lipinski definition) is 3. The van der Waals surface area contributed by atoms with Gasteiger partial charge in [-0.3, -0.25) is 4.98 Å². The Morgan fingerprint density at radius 3 is 2.72 bits per heavy atom. The summed E-state index contributed by atoms with van der Waals surface area (Å²) in [5.74, 6) is 0. The number of anilines is 2. The zero-order chi connectivity index (χ0) is 13.0. The molecule has 18 heavy (non-hydrogen) atoms. The van der Waals surface area contributed by atoms with E-state index in [0.717, 1.165) is 28.5 Å². The summed E-state index contributed by atoms with van der Waals surface area (Å²) in [6.07, 6.45) is 3.62. The first-order valence-corrected chi connectivity index (χ1v) is 6.14.